The SMILES string of the molecule is CCCCC(F)(F)[C@@H](C=C[C@@H]1[C@H]2C[C@H](O)O[C@@H]2C[C@H]1C)OC1CCCCO1. The molecule has 0 aromatic heterocycles. The molecule has 0 spiro atoms. The van der Waals surface area contributed by atoms with E-state index < -0.39 is 24.6 Å². The topological polar surface area (TPSA) is 47.9 Å². The monoisotopic (exact) mass is 388 g/mol. The molecule has 6 heteroatoms. The summed E-state index contributed by atoms with van der Waals surface area (Å²) in [5.74, 6) is -2.24. The fourth-order valence-electron chi connectivity index (χ4n) is 4.71. The van der Waals surface area contributed by atoms with Gasteiger partial charge in [-0.25, -0.2) is 8.78 Å². The molecule has 1 N–H and O–H groups in total. The molecule has 2 aliphatic heterocycles. The molecule has 156 valence electrons. The van der Waals surface area contributed by atoms with Crippen LogP contribution < -0.4 is 0 Å². The van der Waals surface area contributed by atoms with Crippen LogP contribution in [-0.2, 0) is 14.2 Å². The van der Waals surface area contributed by atoms with Crippen molar-refractivity contribution in [1.82, 2.24) is 0 Å². The van der Waals surface area contributed by atoms with E-state index in [4.69, 9.17) is 14.2 Å². The van der Waals surface area contributed by atoms with Crippen LogP contribution in [-0.4, -0.2) is 42.4 Å². The standard InChI is InChI=1S/C21H34F2O4/c1-3-4-10-21(22,23)18(27-20-7-5-6-11-25-20)9-8-15-14(2)12-17-16(15)13-19(24)26-17/h8-9,14-20,24H,3-7,10-13H2,1-2H3/t14-,15+,16-,17-,18-,19-,20?/m1/s1. The second-order valence-electron chi connectivity index (χ2n) is 8.42. The van der Waals surface area contributed by atoms with E-state index >= 15 is 0 Å². The van der Waals surface area contributed by atoms with Crippen molar-refractivity contribution in [2.45, 2.75) is 95.9 Å². The van der Waals surface area contributed by atoms with Gasteiger partial charge in [0.25, 0.3) is 5.92 Å². The Hall–Kier alpha value is -0.560. The van der Waals surface area contributed by atoms with Crippen LogP contribution in [0.1, 0.15) is 65.2 Å². The number of hydrogen-bond acceptors (Lipinski definition) is 4. The summed E-state index contributed by atoms with van der Waals surface area (Å²) in [5.41, 5.74) is 0. The van der Waals surface area contributed by atoms with Gasteiger partial charge in [0.1, 0.15) is 6.10 Å². The first-order valence-electron chi connectivity index (χ1n) is 10.6. The molecule has 27 heavy (non-hydrogen) atoms. The Morgan fingerprint density at radius 2 is 2.11 bits per heavy atom. The van der Waals surface area contributed by atoms with Gasteiger partial charge < -0.3 is 19.3 Å². The minimum atomic E-state index is -2.92. The first kappa shape index (κ1) is 21.2. The minimum Gasteiger partial charge on any atom is -0.368 e. The lowest BCUT2D eigenvalue weighted by atomic mass is 9.87. The Bertz CT molecular complexity index is 493. The first-order valence-corrected chi connectivity index (χ1v) is 10.6. The van der Waals surface area contributed by atoms with Crippen LogP contribution in [0.3, 0.4) is 0 Å². The molecule has 7 atom stereocenters. The predicted octanol–water partition coefficient (Wildman–Crippen LogP) is 4.66. The van der Waals surface area contributed by atoms with Crippen molar-refractivity contribution in [2.75, 3.05) is 6.61 Å². The normalized spacial score (nSPS) is 38.4. The van der Waals surface area contributed by atoms with E-state index in [1.807, 2.05) is 13.0 Å². The molecule has 1 aliphatic carbocycles. The summed E-state index contributed by atoms with van der Waals surface area (Å²) in [5, 5.41) is 9.75. The number of unbranched alkanes of at least 4 members (excludes halogenated alkanes) is 1. The average Bonchev–Trinajstić information content (AvgIpc) is 3.12. The third-order valence-electron chi connectivity index (χ3n) is 6.26. The summed E-state index contributed by atoms with van der Waals surface area (Å²) in [6.45, 7) is 4.61. The Morgan fingerprint density at radius 3 is 2.81 bits per heavy atom. The van der Waals surface area contributed by atoms with E-state index in [0.717, 1.165) is 25.7 Å². The highest BCUT2D eigenvalue weighted by atomic mass is 19.3. The number of ether oxygens (including phenoxy) is 3. The number of halogens is 2. The van der Waals surface area contributed by atoms with Crippen LogP contribution in [0.15, 0.2) is 12.2 Å². The van der Waals surface area contributed by atoms with Crippen LogP contribution in [0.5, 0.6) is 0 Å². The molecule has 2 saturated heterocycles. The van der Waals surface area contributed by atoms with Crippen LogP contribution >= 0.6 is 0 Å². The van der Waals surface area contributed by atoms with Crippen LogP contribution in [0, 0.1) is 17.8 Å². The summed E-state index contributed by atoms with van der Waals surface area (Å²) in [6.07, 6.45) is 5.96. The molecule has 3 aliphatic rings. The van der Waals surface area contributed by atoms with Crippen molar-refractivity contribution < 1.29 is 28.1 Å². The van der Waals surface area contributed by atoms with Gasteiger partial charge in [0.2, 0.25) is 0 Å². The third kappa shape index (κ3) is 5.28. The van der Waals surface area contributed by atoms with Crippen molar-refractivity contribution in [1.29, 1.82) is 0 Å². The number of alkyl halides is 2. The molecular weight excluding hydrogens is 354 g/mol. The number of aliphatic hydroxyl groups excluding tert-OH is 1. The third-order valence-corrected chi connectivity index (χ3v) is 6.26. The molecule has 0 bridgehead atoms. The summed E-state index contributed by atoms with van der Waals surface area (Å²) in [4.78, 5) is 0. The van der Waals surface area contributed by atoms with Crippen molar-refractivity contribution >= 4 is 0 Å². The zero-order chi connectivity index (χ0) is 19.4. The molecule has 0 radical (unpaired) electrons. The van der Waals surface area contributed by atoms with E-state index in [1.54, 1.807) is 6.08 Å². The van der Waals surface area contributed by atoms with Gasteiger partial charge in [0, 0.05) is 19.4 Å². The Kier molecular flexibility index (Phi) is 7.28. The first-order chi connectivity index (χ1) is 12.9. The van der Waals surface area contributed by atoms with Gasteiger partial charge in [-0.1, -0.05) is 32.4 Å². The number of fused-ring (bicyclic) bond motifs is 1. The van der Waals surface area contributed by atoms with E-state index in [9.17, 15) is 13.9 Å². The minimum absolute atomic E-state index is 0.0336. The summed E-state index contributed by atoms with van der Waals surface area (Å²) in [6, 6.07) is 0. The van der Waals surface area contributed by atoms with Gasteiger partial charge in [0.05, 0.1) is 6.10 Å². The lowest BCUT2D eigenvalue weighted by molar-refractivity contribution is -0.226. The summed E-state index contributed by atoms with van der Waals surface area (Å²) in [7, 11) is 0. The molecule has 4 nitrogen and oxygen atoms in total. The Balaban J connectivity index is 1.70. The van der Waals surface area contributed by atoms with Crippen molar-refractivity contribution in [2.24, 2.45) is 17.8 Å². The highest BCUT2D eigenvalue weighted by molar-refractivity contribution is 5.07. The average molecular weight is 388 g/mol. The van der Waals surface area contributed by atoms with Gasteiger partial charge in [-0.3, -0.25) is 0 Å². The zero-order valence-electron chi connectivity index (χ0n) is 16.5. The largest absolute Gasteiger partial charge is 0.368 e. The molecule has 0 aromatic carbocycles. The lowest BCUT2D eigenvalue weighted by Crippen LogP contribution is -2.39. The fraction of sp³-hybridized carbons (Fsp3) is 0.905. The van der Waals surface area contributed by atoms with E-state index in [0.29, 0.717) is 31.8 Å². The van der Waals surface area contributed by atoms with E-state index in [-0.39, 0.29) is 24.4 Å². The Morgan fingerprint density at radius 1 is 1.30 bits per heavy atom. The molecule has 1 unspecified atom stereocenters. The van der Waals surface area contributed by atoms with Crippen molar-refractivity contribution in [3.63, 3.8) is 0 Å². The van der Waals surface area contributed by atoms with Gasteiger partial charge >= 0.3 is 0 Å². The van der Waals surface area contributed by atoms with E-state index in [1.165, 1.54) is 0 Å². The zero-order valence-corrected chi connectivity index (χ0v) is 16.5. The van der Waals surface area contributed by atoms with Crippen LogP contribution in [0.4, 0.5) is 8.78 Å². The summed E-state index contributed by atoms with van der Waals surface area (Å²) >= 11 is 0. The smallest absolute Gasteiger partial charge is 0.277 e. The second-order valence-corrected chi connectivity index (χ2v) is 8.42. The van der Waals surface area contributed by atoms with Crippen molar-refractivity contribution in [3.8, 4) is 0 Å². The van der Waals surface area contributed by atoms with Crippen molar-refractivity contribution in [3.05, 3.63) is 12.2 Å². The van der Waals surface area contributed by atoms with Gasteiger partial charge in [-0.05, 0) is 49.9 Å². The molecule has 0 amide bonds. The quantitative estimate of drug-likeness (QED) is 0.615. The van der Waals surface area contributed by atoms with Gasteiger partial charge in [-0.15, -0.1) is 0 Å². The van der Waals surface area contributed by atoms with E-state index in [2.05, 4.69) is 6.92 Å². The maximum absolute atomic E-state index is 14.8. The maximum Gasteiger partial charge on any atom is 0.277 e. The highest BCUT2D eigenvalue weighted by Crippen LogP contribution is 2.46. The Labute approximate surface area is 161 Å². The van der Waals surface area contributed by atoms with Gasteiger partial charge in [0.15, 0.2) is 12.6 Å². The van der Waals surface area contributed by atoms with Gasteiger partial charge in [-0.2, -0.15) is 0 Å². The molecule has 2 heterocycles. The molecule has 0 aromatic rings. The predicted molar refractivity (Wildman–Crippen MR) is 98.3 cm³/mol. The second kappa shape index (κ2) is 9.29. The maximum atomic E-state index is 14.8. The molecular formula is C21H34F2O4. The molecule has 3 rings (SSSR count). The lowest BCUT2D eigenvalue weighted by Gasteiger charge is -2.31. The summed E-state index contributed by atoms with van der Waals surface area (Å²) < 4.78 is 46.5. The van der Waals surface area contributed by atoms with Crippen LogP contribution in [0.2, 0.25) is 0 Å². The number of rotatable bonds is 8. The highest BCUT2D eigenvalue weighted by Gasteiger charge is 2.47. The number of allylic oxidation sites excluding steroid dienone is 1. The molecule has 3 fully saturated rings. The number of aliphatic hydroxyl groups is 1. The molecule has 1 saturated carbocycles. The fourth-order valence-corrected chi connectivity index (χ4v) is 4.71. The number of hydrogen-bond donors (Lipinski definition) is 1. The van der Waals surface area contributed by atoms with Crippen LogP contribution in [0.25, 0.3) is 0 Å².